The molecule has 2 rings (SSSR count). The van der Waals surface area contributed by atoms with E-state index in [-0.39, 0.29) is 6.04 Å². The fraction of sp³-hybridized carbons (Fsp3) is 0.500. The lowest BCUT2D eigenvalue weighted by molar-refractivity contribution is -0.137. The number of alkyl halides is 3. The van der Waals surface area contributed by atoms with Crippen molar-refractivity contribution in [1.82, 2.24) is 0 Å². The molecular formula is C12H13BrF3N. The zero-order valence-electron chi connectivity index (χ0n) is 9.10. The van der Waals surface area contributed by atoms with Crippen LogP contribution in [0.1, 0.15) is 36.4 Å². The van der Waals surface area contributed by atoms with Crippen molar-refractivity contribution < 1.29 is 13.2 Å². The predicted octanol–water partition coefficient (Wildman–Crippen LogP) is 4.27. The van der Waals surface area contributed by atoms with E-state index in [0.29, 0.717) is 16.0 Å². The summed E-state index contributed by atoms with van der Waals surface area (Å²) in [6, 6.07) is 3.35. The van der Waals surface area contributed by atoms with Gasteiger partial charge in [-0.15, -0.1) is 0 Å². The first-order valence-corrected chi connectivity index (χ1v) is 6.31. The molecule has 17 heavy (non-hydrogen) atoms. The lowest BCUT2D eigenvalue weighted by Crippen LogP contribution is -2.27. The van der Waals surface area contributed by atoms with Crippen LogP contribution in [0.3, 0.4) is 0 Å². The number of benzene rings is 1. The Morgan fingerprint density at radius 2 is 1.94 bits per heavy atom. The summed E-state index contributed by atoms with van der Waals surface area (Å²) in [7, 11) is 0. The average Bonchev–Trinajstić information content (AvgIpc) is 2.13. The van der Waals surface area contributed by atoms with Gasteiger partial charge >= 0.3 is 6.18 Å². The van der Waals surface area contributed by atoms with Crippen molar-refractivity contribution >= 4 is 15.9 Å². The van der Waals surface area contributed by atoms with E-state index < -0.39 is 11.7 Å². The van der Waals surface area contributed by atoms with E-state index in [2.05, 4.69) is 15.9 Å². The molecule has 1 aliphatic carbocycles. The van der Waals surface area contributed by atoms with E-state index in [1.165, 1.54) is 6.07 Å². The molecule has 2 N–H and O–H groups in total. The van der Waals surface area contributed by atoms with Crippen LogP contribution < -0.4 is 5.73 Å². The smallest absolute Gasteiger partial charge is 0.324 e. The maximum absolute atomic E-state index is 12.6. The van der Waals surface area contributed by atoms with Gasteiger partial charge in [-0.25, -0.2) is 0 Å². The minimum absolute atomic E-state index is 0.305. The molecule has 0 aromatic heterocycles. The Bertz CT molecular complexity index is 413. The molecule has 1 aromatic rings. The molecule has 1 fully saturated rings. The summed E-state index contributed by atoms with van der Waals surface area (Å²) in [6.07, 6.45) is -1.18. The Kier molecular flexibility index (Phi) is 3.50. The SMILES string of the molecule is N[C@H](c1cc(C(F)(F)F)ccc1Br)C1CCC1. The lowest BCUT2D eigenvalue weighted by Gasteiger charge is -2.32. The van der Waals surface area contributed by atoms with Crippen LogP contribution in [0.4, 0.5) is 13.2 Å². The molecule has 0 heterocycles. The number of hydrogen-bond acceptors (Lipinski definition) is 1. The van der Waals surface area contributed by atoms with Gasteiger partial charge < -0.3 is 5.73 Å². The summed E-state index contributed by atoms with van der Waals surface area (Å²) >= 11 is 3.27. The highest BCUT2D eigenvalue weighted by Crippen LogP contribution is 2.40. The number of nitrogens with two attached hydrogens (primary N) is 1. The van der Waals surface area contributed by atoms with E-state index >= 15 is 0 Å². The van der Waals surface area contributed by atoms with E-state index in [4.69, 9.17) is 5.73 Å². The molecule has 1 aliphatic rings. The molecule has 1 saturated carbocycles. The molecule has 0 saturated heterocycles. The molecule has 0 radical (unpaired) electrons. The Hall–Kier alpha value is -0.550. The van der Waals surface area contributed by atoms with Crippen molar-refractivity contribution in [1.29, 1.82) is 0 Å². The Balaban J connectivity index is 2.31. The van der Waals surface area contributed by atoms with E-state index in [0.717, 1.165) is 31.4 Å². The molecule has 1 atom stereocenters. The minimum atomic E-state index is -4.31. The van der Waals surface area contributed by atoms with E-state index in [1.807, 2.05) is 0 Å². The Labute approximate surface area is 106 Å². The molecule has 0 unspecified atom stereocenters. The van der Waals surface area contributed by atoms with Gasteiger partial charge in [0.05, 0.1) is 5.56 Å². The van der Waals surface area contributed by atoms with Crippen molar-refractivity contribution in [2.24, 2.45) is 11.7 Å². The van der Waals surface area contributed by atoms with Crippen LogP contribution in [0.15, 0.2) is 22.7 Å². The second-order valence-electron chi connectivity index (χ2n) is 4.45. The summed E-state index contributed by atoms with van der Waals surface area (Å²) < 4.78 is 38.5. The number of halogens is 4. The minimum Gasteiger partial charge on any atom is -0.324 e. The van der Waals surface area contributed by atoms with Crippen LogP contribution in [0.25, 0.3) is 0 Å². The molecular weight excluding hydrogens is 295 g/mol. The van der Waals surface area contributed by atoms with Crippen LogP contribution in [-0.4, -0.2) is 0 Å². The molecule has 0 amide bonds. The zero-order valence-corrected chi connectivity index (χ0v) is 10.7. The summed E-state index contributed by atoms with van der Waals surface area (Å²) in [5.41, 5.74) is 5.94. The third-order valence-corrected chi connectivity index (χ3v) is 4.06. The van der Waals surface area contributed by atoms with Gasteiger partial charge in [-0.05, 0) is 42.5 Å². The van der Waals surface area contributed by atoms with Crippen LogP contribution in [0.5, 0.6) is 0 Å². The van der Waals surface area contributed by atoms with Crippen LogP contribution >= 0.6 is 15.9 Å². The van der Waals surface area contributed by atoms with Crippen LogP contribution in [-0.2, 0) is 6.18 Å². The van der Waals surface area contributed by atoms with Gasteiger partial charge in [0.2, 0.25) is 0 Å². The fourth-order valence-electron chi connectivity index (χ4n) is 2.03. The maximum atomic E-state index is 12.6. The average molecular weight is 308 g/mol. The first kappa shape index (κ1) is 12.9. The number of rotatable bonds is 2. The van der Waals surface area contributed by atoms with Crippen molar-refractivity contribution in [3.05, 3.63) is 33.8 Å². The Morgan fingerprint density at radius 1 is 1.29 bits per heavy atom. The largest absolute Gasteiger partial charge is 0.416 e. The third-order valence-electron chi connectivity index (χ3n) is 3.34. The van der Waals surface area contributed by atoms with Gasteiger partial charge in [0.15, 0.2) is 0 Å². The van der Waals surface area contributed by atoms with Gasteiger partial charge in [0, 0.05) is 10.5 Å². The van der Waals surface area contributed by atoms with E-state index in [1.54, 1.807) is 0 Å². The highest BCUT2D eigenvalue weighted by molar-refractivity contribution is 9.10. The molecule has 0 bridgehead atoms. The first-order valence-electron chi connectivity index (χ1n) is 5.52. The zero-order chi connectivity index (χ0) is 12.6. The third kappa shape index (κ3) is 2.65. The normalized spacial score (nSPS) is 18.9. The fourth-order valence-corrected chi connectivity index (χ4v) is 2.54. The van der Waals surface area contributed by atoms with Gasteiger partial charge in [-0.2, -0.15) is 13.2 Å². The lowest BCUT2D eigenvalue weighted by atomic mass is 9.77. The Morgan fingerprint density at radius 3 is 2.41 bits per heavy atom. The first-order chi connectivity index (χ1) is 7.89. The molecule has 0 aliphatic heterocycles. The van der Waals surface area contributed by atoms with Crippen LogP contribution in [0, 0.1) is 5.92 Å². The van der Waals surface area contributed by atoms with Crippen molar-refractivity contribution in [2.75, 3.05) is 0 Å². The summed E-state index contributed by atoms with van der Waals surface area (Å²) in [6.45, 7) is 0. The van der Waals surface area contributed by atoms with E-state index in [9.17, 15) is 13.2 Å². The summed E-state index contributed by atoms with van der Waals surface area (Å²) in [5.74, 6) is 0.315. The van der Waals surface area contributed by atoms with Gasteiger partial charge in [-0.1, -0.05) is 22.4 Å². The maximum Gasteiger partial charge on any atom is 0.416 e. The molecule has 5 heteroatoms. The topological polar surface area (TPSA) is 26.0 Å². The highest BCUT2D eigenvalue weighted by atomic mass is 79.9. The van der Waals surface area contributed by atoms with Crippen LogP contribution in [0.2, 0.25) is 0 Å². The molecule has 94 valence electrons. The predicted molar refractivity (Wildman–Crippen MR) is 63.4 cm³/mol. The van der Waals surface area contributed by atoms with Crippen molar-refractivity contribution in [3.63, 3.8) is 0 Å². The number of hydrogen-bond donors (Lipinski definition) is 1. The molecule has 1 nitrogen and oxygen atoms in total. The molecule has 0 spiro atoms. The second kappa shape index (κ2) is 4.61. The summed E-state index contributed by atoms with van der Waals surface area (Å²) in [5, 5.41) is 0. The molecule has 1 aromatic carbocycles. The van der Waals surface area contributed by atoms with Crippen molar-refractivity contribution in [3.8, 4) is 0 Å². The van der Waals surface area contributed by atoms with Gasteiger partial charge in [0.25, 0.3) is 0 Å². The standard InChI is InChI=1S/C12H13BrF3N/c13-10-5-4-8(12(14,15)16)6-9(10)11(17)7-2-1-3-7/h4-7,11H,1-3,17H2/t11-/m0/s1. The van der Waals surface area contributed by atoms with Gasteiger partial charge in [0.1, 0.15) is 0 Å². The van der Waals surface area contributed by atoms with Gasteiger partial charge in [-0.3, -0.25) is 0 Å². The second-order valence-corrected chi connectivity index (χ2v) is 5.31. The monoisotopic (exact) mass is 307 g/mol. The summed E-state index contributed by atoms with van der Waals surface area (Å²) in [4.78, 5) is 0. The quantitative estimate of drug-likeness (QED) is 0.867. The highest BCUT2D eigenvalue weighted by Gasteiger charge is 2.33. The van der Waals surface area contributed by atoms with Crippen molar-refractivity contribution in [2.45, 2.75) is 31.5 Å².